The fourth-order valence-electron chi connectivity index (χ4n) is 2.35. The molecule has 0 aliphatic heterocycles. The average molecular weight is 310 g/mol. The second kappa shape index (κ2) is 6.52. The molecule has 0 aliphatic carbocycles. The van der Waals surface area contributed by atoms with E-state index in [-0.39, 0.29) is 5.97 Å². The molecule has 0 saturated heterocycles. The van der Waals surface area contributed by atoms with Gasteiger partial charge in [0.15, 0.2) is 0 Å². The molecular weight excluding hydrogens is 292 g/mol. The van der Waals surface area contributed by atoms with Crippen molar-refractivity contribution in [3.8, 4) is 11.3 Å². The number of rotatable bonds is 5. The standard InChI is InChI=1S/C18H18N2O3/c1-3-22-18(21)15-10-19-20(11-15)12-16-7-8-17(23-16)14-6-4-5-13(2)9-14/h4-11H,3,12H2,1-2H3. The zero-order valence-electron chi connectivity index (χ0n) is 13.2. The lowest BCUT2D eigenvalue weighted by atomic mass is 10.1. The van der Waals surface area contributed by atoms with Crippen LogP contribution in [0.3, 0.4) is 0 Å². The Kier molecular flexibility index (Phi) is 4.28. The van der Waals surface area contributed by atoms with Crippen LogP contribution < -0.4 is 0 Å². The fraction of sp³-hybridized carbons (Fsp3) is 0.222. The molecule has 5 heteroatoms. The van der Waals surface area contributed by atoms with Crippen LogP contribution in [0.15, 0.2) is 53.2 Å². The zero-order chi connectivity index (χ0) is 16.2. The van der Waals surface area contributed by atoms with E-state index in [2.05, 4.69) is 11.2 Å². The number of hydrogen-bond donors (Lipinski definition) is 0. The maximum atomic E-state index is 11.6. The molecule has 2 aromatic heterocycles. The molecule has 0 amide bonds. The summed E-state index contributed by atoms with van der Waals surface area (Å²) in [6.45, 7) is 4.64. The first-order chi connectivity index (χ1) is 11.2. The van der Waals surface area contributed by atoms with Gasteiger partial charge in [-0.05, 0) is 32.0 Å². The highest BCUT2D eigenvalue weighted by Gasteiger charge is 2.11. The number of furan rings is 1. The summed E-state index contributed by atoms with van der Waals surface area (Å²) in [6.07, 6.45) is 3.16. The Morgan fingerprint density at radius 3 is 2.96 bits per heavy atom. The minimum Gasteiger partial charge on any atom is -0.462 e. The van der Waals surface area contributed by atoms with Gasteiger partial charge in [0.2, 0.25) is 0 Å². The minimum absolute atomic E-state index is 0.349. The van der Waals surface area contributed by atoms with Crippen LogP contribution in [0.2, 0.25) is 0 Å². The molecule has 0 radical (unpaired) electrons. The summed E-state index contributed by atoms with van der Waals surface area (Å²) < 4.78 is 12.5. The first kappa shape index (κ1) is 15.1. The Bertz CT molecular complexity index is 817. The third-order valence-corrected chi connectivity index (χ3v) is 3.43. The number of hydrogen-bond acceptors (Lipinski definition) is 4. The van der Waals surface area contributed by atoms with Crippen molar-refractivity contribution in [2.24, 2.45) is 0 Å². The largest absolute Gasteiger partial charge is 0.462 e. The summed E-state index contributed by atoms with van der Waals surface area (Å²) in [5, 5.41) is 4.17. The fourth-order valence-corrected chi connectivity index (χ4v) is 2.35. The van der Waals surface area contributed by atoms with Crippen molar-refractivity contribution in [1.82, 2.24) is 9.78 Å². The Morgan fingerprint density at radius 2 is 2.17 bits per heavy atom. The van der Waals surface area contributed by atoms with Crippen molar-refractivity contribution in [2.75, 3.05) is 6.61 Å². The first-order valence-electron chi connectivity index (χ1n) is 7.51. The van der Waals surface area contributed by atoms with E-state index in [0.717, 1.165) is 17.1 Å². The van der Waals surface area contributed by atoms with Crippen molar-refractivity contribution in [3.63, 3.8) is 0 Å². The highest BCUT2D eigenvalue weighted by Crippen LogP contribution is 2.23. The van der Waals surface area contributed by atoms with Gasteiger partial charge < -0.3 is 9.15 Å². The molecule has 0 aliphatic rings. The lowest BCUT2D eigenvalue weighted by Crippen LogP contribution is -2.03. The topological polar surface area (TPSA) is 57.3 Å². The number of aromatic nitrogens is 2. The summed E-state index contributed by atoms with van der Waals surface area (Å²) in [5.74, 6) is 1.24. The number of nitrogens with zero attached hydrogens (tertiary/aromatic N) is 2. The van der Waals surface area contributed by atoms with Crippen LogP contribution in [0.5, 0.6) is 0 Å². The van der Waals surface area contributed by atoms with Gasteiger partial charge >= 0.3 is 5.97 Å². The summed E-state index contributed by atoms with van der Waals surface area (Å²) in [7, 11) is 0. The Labute approximate surface area is 134 Å². The van der Waals surface area contributed by atoms with Gasteiger partial charge in [-0.25, -0.2) is 4.79 Å². The molecule has 0 fully saturated rings. The van der Waals surface area contributed by atoms with Crippen LogP contribution in [0.1, 0.15) is 28.6 Å². The number of benzene rings is 1. The minimum atomic E-state index is -0.362. The third-order valence-electron chi connectivity index (χ3n) is 3.43. The molecular formula is C18H18N2O3. The first-order valence-corrected chi connectivity index (χ1v) is 7.51. The molecule has 118 valence electrons. The van der Waals surface area contributed by atoms with Gasteiger partial charge in [0, 0.05) is 11.8 Å². The molecule has 2 heterocycles. The molecule has 3 aromatic rings. The molecule has 0 unspecified atom stereocenters. The van der Waals surface area contributed by atoms with E-state index in [1.165, 1.54) is 11.8 Å². The van der Waals surface area contributed by atoms with Gasteiger partial charge in [0.1, 0.15) is 11.5 Å². The second-order valence-electron chi connectivity index (χ2n) is 5.28. The number of esters is 1. The van der Waals surface area contributed by atoms with Gasteiger partial charge in [0.25, 0.3) is 0 Å². The summed E-state index contributed by atoms with van der Waals surface area (Å²) >= 11 is 0. The van der Waals surface area contributed by atoms with Gasteiger partial charge in [-0.2, -0.15) is 5.10 Å². The van der Waals surface area contributed by atoms with E-state index in [4.69, 9.17) is 9.15 Å². The van der Waals surface area contributed by atoms with Crippen molar-refractivity contribution < 1.29 is 13.9 Å². The number of carbonyl (C=O) groups is 1. The van der Waals surface area contributed by atoms with Crippen molar-refractivity contribution >= 4 is 5.97 Å². The Morgan fingerprint density at radius 1 is 1.30 bits per heavy atom. The van der Waals surface area contributed by atoms with Crippen LogP contribution in [0.4, 0.5) is 0 Å². The quantitative estimate of drug-likeness (QED) is 0.675. The van der Waals surface area contributed by atoms with E-state index in [9.17, 15) is 4.79 Å². The summed E-state index contributed by atoms with van der Waals surface area (Å²) in [4.78, 5) is 11.6. The molecule has 0 spiro atoms. The number of ether oxygens (including phenoxy) is 1. The summed E-state index contributed by atoms with van der Waals surface area (Å²) in [5.41, 5.74) is 2.67. The van der Waals surface area contributed by atoms with E-state index in [1.54, 1.807) is 17.8 Å². The van der Waals surface area contributed by atoms with Crippen molar-refractivity contribution in [3.05, 3.63) is 65.7 Å². The lowest BCUT2D eigenvalue weighted by Gasteiger charge is -2.00. The van der Waals surface area contributed by atoms with E-state index in [0.29, 0.717) is 18.7 Å². The molecule has 23 heavy (non-hydrogen) atoms. The maximum Gasteiger partial charge on any atom is 0.341 e. The van der Waals surface area contributed by atoms with Gasteiger partial charge in [-0.1, -0.05) is 23.8 Å². The maximum absolute atomic E-state index is 11.6. The van der Waals surface area contributed by atoms with E-state index < -0.39 is 0 Å². The second-order valence-corrected chi connectivity index (χ2v) is 5.28. The van der Waals surface area contributed by atoms with Gasteiger partial charge in [-0.3, -0.25) is 4.68 Å². The Balaban J connectivity index is 1.73. The van der Waals surface area contributed by atoms with Crippen molar-refractivity contribution in [1.29, 1.82) is 0 Å². The highest BCUT2D eigenvalue weighted by molar-refractivity contribution is 5.88. The van der Waals surface area contributed by atoms with E-state index >= 15 is 0 Å². The molecule has 3 rings (SSSR count). The molecule has 0 N–H and O–H groups in total. The monoisotopic (exact) mass is 310 g/mol. The van der Waals surface area contributed by atoms with Crippen LogP contribution in [-0.2, 0) is 11.3 Å². The normalized spacial score (nSPS) is 10.7. The van der Waals surface area contributed by atoms with Gasteiger partial charge in [0.05, 0.1) is 24.9 Å². The smallest absolute Gasteiger partial charge is 0.341 e. The SMILES string of the molecule is CCOC(=O)c1cnn(Cc2ccc(-c3cccc(C)c3)o2)c1. The van der Waals surface area contributed by atoms with E-state index in [1.807, 2.05) is 37.3 Å². The summed E-state index contributed by atoms with van der Waals surface area (Å²) in [6, 6.07) is 12.0. The average Bonchev–Trinajstić information content (AvgIpc) is 3.17. The third kappa shape index (κ3) is 3.51. The van der Waals surface area contributed by atoms with Crippen molar-refractivity contribution in [2.45, 2.75) is 20.4 Å². The predicted molar refractivity (Wildman–Crippen MR) is 86.2 cm³/mol. The van der Waals surface area contributed by atoms with Crippen LogP contribution >= 0.6 is 0 Å². The lowest BCUT2D eigenvalue weighted by molar-refractivity contribution is 0.0526. The number of aryl methyl sites for hydroxylation is 1. The molecule has 1 aromatic carbocycles. The van der Waals surface area contributed by atoms with Gasteiger partial charge in [-0.15, -0.1) is 0 Å². The molecule has 0 saturated carbocycles. The van der Waals surface area contributed by atoms with Crippen LogP contribution in [0.25, 0.3) is 11.3 Å². The molecule has 0 atom stereocenters. The molecule has 0 bridgehead atoms. The zero-order valence-corrected chi connectivity index (χ0v) is 13.2. The van der Waals surface area contributed by atoms with Crippen LogP contribution in [-0.4, -0.2) is 22.4 Å². The highest BCUT2D eigenvalue weighted by atomic mass is 16.5. The van der Waals surface area contributed by atoms with Crippen LogP contribution in [0, 0.1) is 6.92 Å². The Hall–Kier alpha value is -2.82. The number of carbonyl (C=O) groups excluding carboxylic acids is 1. The predicted octanol–water partition coefficient (Wildman–Crippen LogP) is 3.68. The molecule has 5 nitrogen and oxygen atoms in total.